The number of thiazole rings is 1. The summed E-state index contributed by atoms with van der Waals surface area (Å²) in [6.07, 6.45) is 1.92. The zero-order valence-electron chi connectivity index (χ0n) is 16.5. The van der Waals surface area contributed by atoms with E-state index in [4.69, 9.17) is 9.72 Å². The van der Waals surface area contributed by atoms with Crippen molar-refractivity contribution in [3.63, 3.8) is 0 Å². The quantitative estimate of drug-likeness (QED) is 0.566. The highest BCUT2D eigenvalue weighted by Gasteiger charge is 2.09. The van der Waals surface area contributed by atoms with Crippen LogP contribution in [0.1, 0.15) is 35.0 Å². The van der Waals surface area contributed by atoms with Crippen molar-refractivity contribution in [1.29, 1.82) is 0 Å². The molecule has 5 nitrogen and oxygen atoms in total. The molecule has 0 aliphatic heterocycles. The number of hydrogen-bond acceptors (Lipinski definition) is 4. The molecule has 0 bridgehead atoms. The lowest BCUT2D eigenvalue weighted by Crippen LogP contribution is -2.39. The van der Waals surface area contributed by atoms with Gasteiger partial charge >= 0.3 is 0 Å². The largest absolute Gasteiger partial charge is 0.494 e. The van der Waals surface area contributed by atoms with E-state index in [9.17, 15) is 0 Å². The fourth-order valence-corrected chi connectivity index (χ4v) is 3.82. The number of aliphatic imine (C=N–C) groups is 1. The Morgan fingerprint density at radius 3 is 2.58 bits per heavy atom. The van der Waals surface area contributed by atoms with Gasteiger partial charge in [0.25, 0.3) is 0 Å². The van der Waals surface area contributed by atoms with Crippen molar-refractivity contribution in [3.05, 3.63) is 45.4 Å². The van der Waals surface area contributed by atoms with E-state index in [1.807, 2.05) is 26.1 Å². The third-order valence-corrected chi connectivity index (χ3v) is 5.19. The summed E-state index contributed by atoms with van der Waals surface area (Å²) in [5, 5.41) is 4.63. The molecule has 0 atom stereocenters. The number of nitrogens with zero attached hydrogens (tertiary/aromatic N) is 3. The predicted octanol–water partition coefficient (Wildman–Crippen LogP) is 3.66. The van der Waals surface area contributed by atoms with Crippen LogP contribution in [-0.4, -0.2) is 43.1 Å². The molecular formula is C20H30N4OS. The molecule has 1 heterocycles. The minimum absolute atomic E-state index is 0.689. The first-order valence-corrected chi connectivity index (χ1v) is 9.97. The Bertz CT molecular complexity index is 709. The topological polar surface area (TPSA) is 49.8 Å². The first-order valence-electron chi connectivity index (χ1n) is 9.16. The van der Waals surface area contributed by atoms with Crippen molar-refractivity contribution in [2.24, 2.45) is 4.99 Å². The van der Waals surface area contributed by atoms with Crippen molar-refractivity contribution in [1.82, 2.24) is 15.2 Å². The fourth-order valence-electron chi connectivity index (χ4n) is 2.80. The molecule has 0 amide bonds. The van der Waals surface area contributed by atoms with E-state index in [0.717, 1.165) is 37.6 Å². The molecule has 26 heavy (non-hydrogen) atoms. The van der Waals surface area contributed by atoms with Crippen molar-refractivity contribution < 1.29 is 4.74 Å². The Balaban J connectivity index is 1.84. The van der Waals surface area contributed by atoms with Gasteiger partial charge in [-0.05, 0) is 38.0 Å². The maximum absolute atomic E-state index is 5.49. The van der Waals surface area contributed by atoms with E-state index in [1.165, 1.54) is 21.1 Å². The van der Waals surface area contributed by atoms with Crippen LogP contribution < -0.4 is 10.1 Å². The highest BCUT2D eigenvalue weighted by atomic mass is 32.1. The number of aromatic nitrogens is 1. The summed E-state index contributed by atoms with van der Waals surface area (Å²) in [4.78, 5) is 12.5. The van der Waals surface area contributed by atoms with E-state index >= 15 is 0 Å². The smallest absolute Gasteiger partial charge is 0.193 e. The van der Waals surface area contributed by atoms with Crippen LogP contribution in [0.15, 0.2) is 29.3 Å². The van der Waals surface area contributed by atoms with Crippen LogP contribution in [0.4, 0.5) is 0 Å². The van der Waals surface area contributed by atoms with Gasteiger partial charge in [0.05, 0.1) is 17.3 Å². The number of nitrogens with one attached hydrogen (secondary N) is 1. The average molecular weight is 375 g/mol. The summed E-state index contributed by atoms with van der Waals surface area (Å²) >= 11 is 1.80. The molecule has 0 aliphatic rings. The highest BCUT2D eigenvalue weighted by molar-refractivity contribution is 7.11. The van der Waals surface area contributed by atoms with E-state index in [0.29, 0.717) is 6.61 Å². The van der Waals surface area contributed by atoms with Gasteiger partial charge in [-0.15, -0.1) is 11.3 Å². The molecule has 1 N–H and O–H groups in total. The lowest BCUT2D eigenvalue weighted by atomic mass is 10.2. The van der Waals surface area contributed by atoms with E-state index in [-0.39, 0.29) is 0 Å². The lowest BCUT2D eigenvalue weighted by molar-refractivity contribution is 0.340. The summed E-state index contributed by atoms with van der Waals surface area (Å²) < 4.78 is 5.49. The predicted molar refractivity (Wildman–Crippen MR) is 110 cm³/mol. The second kappa shape index (κ2) is 10.2. The van der Waals surface area contributed by atoms with Crippen LogP contribution in [0.5, 0.6) is 5.75 Å². The number of rotatable bonds is 8. The van der Waals surface area contributed by atoms with Crippen molar-refractivity contribution in [2.75, 3.05) is 27.2 Å². The SMILES string of the molecule is CCOc1ccc(CN(C)C(=NC)NCCc2nc(CC)c(C)s2)cc1. The zero-order chi connectivity index (χ0) is 18.9. The monoisotopic (exact) mass is 374 g/mol. The van der Waals surface area contributed by atoms with Gasteiger partial charge < -0.3 is 15.0 Å². The number of aryl methyl sites for hydroxylation is 2. The highest BCUT2D eigenvalue weighted by Crippen LogP contribution is 2.18. The number of benzene rings is 1. The molecule has 142 valence electrons. The van der Waals surface area contributed by atoms with Crippen LogP contribution in [-0.2, 0) is 19.4 Å². The summed E-state index contributed by atoms with van der Waals surface area (Å²) in [5.41, 5.74) is 2.45. The Morgan fingerprint density at radius 2 is 2.00 bits per heavy atom. The average Bonchev–Trinajstić information content (AvgIpc) is 3.00. The van der Waals surface area contributed by atoms with Gasteiger partial charge in [0.15, 0.2) is 5.96 Å². The Labute approximate surface area is 161 Å². The Morgan fingerprint density at radius 1 is 1.27 bits per heavy atom. The Hall–Kier alpha value is -2.08. The number of guanidine groups is 1. The normalized spacial score (nSPS) is 11.5. The maximum Gasteiger partial charge on any atom is 0.193 e. The lowest BCUT2D eigenvalue weighted by Gasteiger charge is -2.22. The maximum atomic E-state index is 5.49. The molecule has 2 aromatic rings. The molecule has 0 spiro atoms. The van der Waals surface area contributed by atoms with Crippen LogP contribution in [0.25, 0.3) is 0 Å². The van der Waals surface area contributed by atoms with Crippen LogP contribution in [0.3, 0.4) is 0 Å². The van der Waals surface area contributed by atoms with E-state index < -0.39 is 0 Å². The number of hydrogen-bond donors (Lipinski definition) is 1. The van der Waals surface area contributed by atoms with Gasteiger partial charge in [-0.1, -0.05) is 19.1 Å². The minimum Gasteiger partial charge on any atom is -0.494 e. The molecule has 1 aromatic heterocycles. The number of ether oxygens (including phenoxy) is 1. The van der Waals surface area contributed by atoms with Crippen molar-refractivity contribution in [2.45, 2.75) is 40.2 Å². The van der Waals surface area contributed by atoms with Gasteiger partial charge in [0.1, 0.15) is 5.75 Å². The first kappa shape index (κ1) is 20.2. The molecule has 0 aliphatic carbocycles. The van der Waals surface area contributed by atoms with E-state index in [1.54, 1.807) is 11.3 Å². The van der Waals surface area contributed by atoms with Crippen molar-refractivity contribution in [3.8, 4) is 5.75 Å². The summed E-state index contributed by atoms with van der Waals surface area (Å²) in [6.45, 7) is 8.61. The standard InChI is InChI=1S/C20H30N4OS/c1-6-18-15(3)26-19(23-18)12-13-22-20(21-4)24(5)14-16-8-10-17(11-9-16)25-7-2/h8-11H,6-7,12-14H2,1-5H3,(H,21,22). The molecule has 0 saturated heterocycles. The second-order valence-corrected chi connectivity index (χ2v) is 7.41. The molecule has 0 unspecified atom stereocenters. The third kappa shape index (κ3) is 5.73. The molecule has 1 aromatic carbocycles. The van der Waals surface area contributed by atoms with Crippen LogP contribution >= 0.6 is 11.3 Å². The van der Waals surface area contributed by atoms with E-state index in [2.05, 4.69) is 48.2 Å². The first-order chi connectivity index (χ1) is 12.6. The molecule has 6 heteroatoms. The molecular weight excluding hydrogens is 344 g/mol. The second-order valence-electron chi connectivity index (χ2n) is 6.12. The van der Waals surface area contributed by atoms with Crippen LogP contribution in [0.2, 0.25) is 0 Å². The summed E-state index contributed by atoms with van der Waals surface area (Å²) in [6, 6.07) is 8.22. The molecule has 2 rings (SSSR count). The Kier molecular flexibility index (Phi) is 7.91. The third-order valence-electron chi connectivity index (χ3n) is 4.12. The fraction of sp³-hybridized carbons (Fsp3) is 0.500. The minimum atomic E-state index is 0.689. The van der Waals surface area contributed by atoms with Gasteiger partial charge in [-0.2, -0.15) is 0 Å². The molecule has 0 fully saturated rings. The van der Waals surface area contributed by atoms with Crippen molar-refractivity contribution >= 4 is 17.3 Å². The summed E-state index contributed by atoms with van der Waals surface area (Å²) in [7, 11) is 3.87. The molecule has 0 radical (unpaired) electrons. The van der Waals surface area contributed by atoms with Gasteiger partial charge in [0, 0.05) is 38.5 Å². The molecule has 0 saturated carbocycles. The van der Waals surface area contributed by atoms with Gasteiger partial charge in [0.2, 0.25) is 0 Å². The summed E-state index contributed by atoms with van der Waals surface area (Å²) in [5.74, 6) is 1.80. The van der Waals surface area contributed by atoms with Gasteiger partial charge in [-0.25, -0.2) is 4.98 Å². The van der Waals surface area contributed by atoms with Crippen LogP contribution in [0, 0.1) is 6.92 Å². The van der Waals surface area contributed by atoms with Gasteiger partial charge in [-0.3, -0.25) is 4.99 Å². The zero-order valence-corrected chi connectivity index (χ0v) is 17.3.